The maximum atomic E-state index is 12.0. The number of anilines is 1. The smallest absolute Gasteiger partial charge is 0.262 e. The Morgan fingerprint density at radius 1 is 0.958 bits per heavy atom. The Hall–Kier alpha value is -2.60. The molecule has 0 aliphatic heterocycles. The second-order valence-corrected chi connectivity index (χ2v) is 5.14. The number of rotatable bonds is 7. The summed E-state index contributed by atoms with van der Waals surface area (Å²) in [5, 5.41) is 3.11. The van der Waals surface area contributed by atoms with Crippen LogP contribution in [0.4, 0.5) is 5.69 Å². The Morgan fingerprint density at radius 3 is 2.12 bits per heavy atom. The molecule has 0 heterocycles. The van der Waals surface area contributed by atoms with Crippen molar-refractivity contribution in [2.24, 2.45) is 0 Å². The van der Waals surface area contributed by atoms with Crippen molar-refractivity contribution in [1.29, 1.82) is 0 Å². The molecule has 0 aliphatic carbocycles. The van der Waals surface area contributed by atoms with Crippen molar-refractivity contribution in [2.75, 3.05) is 33.3 Å². The second kappa shape index (κ2) is 8.31. The predicted molar refractivity (Wildman–Crippen MR) is 91.7 cm³/mol. The first-order valence-corrected chi connectivity index (χ1v) is 7.42. The summed E-state index contributed by atoms with van der Waals surface area (Å²) in [7, 11) is 4.60. The number of benzene rings is 2. The molecule has 6 nitrogen and oxygen atoms in total. The van der Waals surface area contributed by atoms with Crippen LogP contribution in [0.15, 0.2) is 36.4 Å². The van der Waals surface area contributed by atoms with Crippen molar-refractivity contribution in [3.63, 3.8) is 0 Å². The van der Waals surface area contributed by atoms with E-state index >= 15 is 0 Å². The molecule has 2 rings (SSSR count). The molecule has 0 unspecified atom stereocenters. The van der Waals surface area contributed by atoms with Crippen LogP contribution in [0.1, 0.15) is 0 Å². The average molecular weight is 352 g/mol. The lowest BCUT2D eigenvalue weighted by molar-refractivity contribution is -0.118. The first kappa shape index (κ1) is 17.7. The molecular weight excluding hydrogens is 334 g/mol. The van der Waals surface area contributed by atoms with E-state index in [0.717, 1.165) is 0 Å². The highest BCUT2D eigenvalue weighted by Crippen LogP contribution is 2.28. The topological polar surface area (TPSA) is 66.0 Å². The molecule has 0 saturated heterocycles. The van der Waals surface area contributed by atoms with Gasteiger partial charge in [0.1, 0.15) is 23.0 Å². The largest absolute Gasteiger partial charge is 0.496 e. The van der Waals surface area contributed by atoms with E-state index in [0.29, 0.717) is 33.7 Å². The van der Waals surface area contributed by atoms with Gasteiger partial charge in [-0.1, -0.05) is 11.6 Å². The fourth-order valence-corrected chi connectivity index (χ4v) is 2.21. The van der Waals surface area contributed by atoms with E-state index in [1.807, 2.05) is 0 Å². The first-order valence-electron chi connectivity index (χ1n) is 7.05. The van der Waals surface area contributed by atoms with Gasteiger partial charge in [0.25, 0.3) is 5.91 Å². The predicted octanol–water partition coefficient (Wildman–Crippen LogP) is 3.38. The van der Waals surface area contributed by atoms with Gasteiger partial charge >= 0.3 is 0 Å². The number of nitrogens with one attached hydrogen (secondary N) is 1. The molecular formula is C17H18ClNO5. The van der Waals surface area contributed by atoms with Crippen LogP contribution < -0.4 is 24.3 Å². The van der Waals surface area contributed by atoms with Crippen LogP contribution in [0, 0.1) is 0 Å². The Balaban J connectivity index is 1.97. The van der Waals surface area contributed by atoms with Crippen LogP contribution in [0.25, 0.3) is 0 Å². The minimum absolute atomic E-state index is 0.167. The Kier molecular flexibility index (Phi) is 6.14. The number of amides is 1. The first-order chi connectivity index (χ1) is 11.5. The Morgan fingerprint density at radius 2 is 1.58 bits per heavy atom. The van der Waals surface area contributed by atoms with Crippen molar-refractivity contribution in [3.05, 3.63) is 41.4 Å². The van der Waals surface area contributed by atoms with Crippen molar-refractivity contribution in [1.82, 2.24) is 0 Å². The van der Waals surface area contributed by atoms with Gasteiger partial charge < -0.3 is 24.3 Å². The lowest BCUT2D eigenvalue weighted by Gasteiger charge is -2.11. The van der Waals surface area contributed by atoms with Crippen LogP contribution in [-0.4, -0.2) is 33.8 Å². The van der Waals surface area contributed by atoms with E-state index in [2.05, 4.69) is 5.32 Å². The SMILES string of the molecule is COc1cc(OC)cc(OCC(=O)Nc2ccc(OC)c(Cl)c2)c1. The lowest BCUT2D eigenvalue weighted by atomic mass is 10.3. The monoisotopic (exact) mass is 351 g/mol. The summed E-state index contributed by atoms with van der Waals surface area (Å²) in [6.45, 7) is -0.167. The summed E-state index contributed by atoms with van der Waals surface area (Å²) in [5.41, 5.74) is 0.553. The molecule has 0 aliphatic rings. The van der Waals surface area contributed by atoms with Crippen molar-refractivity contribution in [3.8, 4) is 23.0 Å². The number of methoxy groups -OCH3 is 3. The van der Waals surface area contributed by atoms with Gasteiger partial charge in [-0.2, -0.15) is 0 Å². The molecule has 0 atom stereocenters. The van der Waals surface area contributed by atoms with Gasteiger partial charge in [0.2, 0.25) is 0 Å². The Labute approximate surface area is 145 Å². The third kappa shape index (κ3) is 4.70. The van der Waals surface area contributed by atoms with E-state index in [-0.39, 0.29) is 12.5 Å². The van der Waals surface area contributed by atoms with Crippen molar-refractivity contribution >= 4 is 23.2 Å². The Bertz CT molecular complexity index is 698. The van der Waals surface area contributed by atoms with Crippen molar-refractivity contribution in [2.45, 2.75) is 0 Å². The summed E-state index contributed by atoms with van der Waals surface area (Å²) in [5.74, 6) is 1.83. The maximum Gasteiger partial charge on any atom is 0.262 e. The number of halogens is 1. The number of hydrogen-bond donors (Lipinski definition) is 1. The summed E-state index contributed by atoms with van der Waals surface area (Å²) in [6.07, 6.45) is 0. The zero-order valence-electron chi connectivity index (χ0n) is 13.6. The number of carbonyl (C=O) groups excluding carboxylic acids is 1. The fourth-order valence-electron chi connectivity index (χ4n) is 1.95. The molecule has 0 fully saturated rings. The summed E-state index contributed by atoms with van der Waals surface area (Å²) in [4.78, 5) is 12.0. The van der Waals surface area contributed by atoms with Crippen LogP contribution in [-0.2, 0) is 4.79 Å². The molecule has 2 aromatic carbocycles. The highest BCUT2D eigenvalue weighted by atomic mass is 35.5. The summed E-state index contributed by atoms with van der Waals surface area (Å²) < 4.78 is 20.8. The second-order valence-electron chi connectivity index (χ2n) is 4.73. The van der Waals surface area contributed by atoms with Gasteiger partial charge in [-0.25, -0.2) is 0 Å². The van der Waals surface area contributed by atoms with Crippen molar-refractivity contribution < 1.29 is 23.7 Å². The quantitative estimate of drug-likeness (QED) is 0.828. The van der Waals surface area contributed by atoms with E-state index in [9.17, 15) is 4.79 Å². The molecule has 0 saturated carbocycles. The van der Waals surface area contributed by atoms with E-state index in [4.69, 9.17) is 30.5 Å². The molecule has 0 radical (unpaired) electrons. The third-order valence-electron chi connectivity index (χ3n) is 3.13. The van der Waals surface area contributed by atoms with Gasteiger partial charge in [-0.3, -0.25) is 4.79 Å². The van der Waals surface area contributed by atoms with E-state index in [1.54, 1.807) is 50.6 Å². The molecule has 1 N–H and O–H groups in total. The van der Waals surface area contributed by atoms with Gasteiger partial charge in [-0.05, 0) is 18.2 Å². The highest BCUT2D eigenvalue weighted by Gasteiger charge is 2.08. The highest BCUT2D eigenvalue weighted by molar-refractivity contribution is 6.32. The van der Waals surface area contributed by atoms with Crippen LogP contribution in [0.2, 0.25) is 5.02 Å². The van der Waals surface area contributed by atoms with Crippen LogP contribution in [0.3, 0.4) is 0 Å². The molecule has 0 aromatic heterocycles. The minimum atomic E-state index is -0.321. The minimum Gasteiger partial charge on any atom is -0.496 e. The van der Waals surface area contributed by atoms with E-state index < -0.39 is 0 Å². The zero-order chi connectivity index (χ0) is 17.5. The maximum absolute atomic E-state index is 12.0. The average Bonchev–Trinajstić information content (AvgIpc) is 2.59. The van der Waals surface area contributed by atoms with Gasteiger partial charge in [0.15, 0.2) is 6.61 Å². The lowest BCUT2D eigenvalue weighted by Crippen LogP contribution is -2.20. The van der Waals surface area contributed by atoms with Gasteiger partial charge in [0, 0.05) is 23.9 Å². The normalized spacial score (nSPS) is 10.0. The fraction of sp³-hybridized carbons (Fsp3) is 0.235. The summed E-state index contributed by atoms with van der Waals surface area (Å²) >= 11 is 6.02. The third-order valence-corrected chi connectivity index (χ3v) is 3.43. The summed E-state index contributed by atoms with van der Waals surface area (Å²) in [6, 6.07) is 10.0. The molecule has 128 valence electrons. The number of carbonyl (C=O) groups is 1. The standard InChI is InChI=1S/C17H18ClNO5/c1-21-12-7-13(22-2)9-14(8-12)24-10-17(20)19-11-4-5-16(23-3)15(18)6-11/h4-9H,10H2,1-3H3,(H,19,20). The zero-order valence-corrected chi connectivity index (χ0v) is 14.3. The van der Waals surface area contributed by atoms with Gasteiger partial charge in [-0.15, -0.1) is 0 Å². The van der Waals surface area contributed by atoms with Crippen LogP contribution >= 0.6 is 11.6 Å². The van der Waals surface area contributed by atoms with E-state index in [1.165, 1.54) is 7.11 Å². The molecule has 2 aromatic rings. The molecule has 0 bridgehead atoms. The molecule has 1 amide bonds. The molecule has 0 spiro atoms. The molecule has 24 heavy (non-hydrogen) atoms. The molecule has 7 heteroatoms. The number of ether oxygens (including phenoxy) is 4. The van der Waals surface area contributed by atoms with Gasteiger partial charge in [0.05, 0.1) is 26.4 Å². The van der Waals surface area contributed by atoms with Crippen LogP contribution in [0.5, 0.6) is 23.0 Å². The number of hydrogen-bond acceptors (Lipinski definition) is 5.